The molecule has 2 saturated carbocycles. The van der Waals surface area contributed by atoms with Gasteiger partial charge in [-0.3, -0.25) is 15.0 Å². The normalized spacial score (nSPS) is 27.2. The van der Waals surface area contributed by atoms with Crippen LogP contribution in [0.4, 0.5) is 26.5 Å². The van der Waals surface area contributed by atoms with Gasteiger partial charge in [0.25, 0.3) is 0 Å². The largest absolute Gasteiger partial charge is 0.379 e. The number of urea groups is 1. The molecular weight excluding hydrogens is 427 g/mol. The lowest BCUT2D eigenvalue weighted by Crippen LogP contribution is -2.60. The van der Waals surface area contributed by atoms with Crippen molar-refractivity contribution in [1.82, 2.24) is 9.97 Å². The average Bonchev–Trinajstić information content (AvgIpc) is 3.25. The molecule has 2 N–H and O–H groups in total. The molecule has 0 spiro atoms. The Balaban J connectivity index is 1.40. The van der Waals surface area contributed by atoms with Crippen LogP contribution in [0.1, 0.15) is 53.7 Å². The molecule has 2 aromatic heterocycles. The minimum Gasteiger partial charge on any atom is -0.379 e. The van der Waals surface area contributed by atoms with Crippen LogP contribution in [0, 0.1) is 11.3 Å². The molecule has 2 atom stereocenters. The fourth-order valence-electron chi connectivity index (χ4n) is 5.06. The molecule has 4 aliphatic rings. The van der Waals surface area contributed by atoms with Crippen molar-refractivity contribution in [2.75, 3.05) is 22.6 Å². The van der Waals surface area contributed by atoms with Crippen molar-refractivity contribution >= 4 is 29.6 Å². The smallest absolute Gasteiger partial charge is 0.328 e. The number of nitriles is 1. The van der Waals surface area contributed by atoms with Crippen LogP contribution in [0.25, 0.3) is 0 Å². The summed E-state index contributed by atoms with van der Waals surface area (Å²) in [4.78, 5) is 34.2. The van der Waals surface area contributed by atoms with E-state index in [1.54, 1.807) is 13.2 Å². The van der Waals surface area contributed by atoms with Crippen molar-refractivity contribution < 1.29 is 18.7 Å². The quantitative estimate of drug-likeness (QED) is 0.669. The van der Waals surface area contributed by atoms with E-state index < -0.39 is 11.7 Å². The van der Waals surface area contributed by atoms with Crippen LogP contribution >= 0.6 is 0 Å². The van der Waals surface area contributed by atoms with Gasteiger partial charge in [-0.05, 0) is 31.4 Å². The first kappa shape index (κ1) is 21.3. The van der Waals surface area contributed by atoms with E-state index in [0.29, 0.717) is 23.1 Å². The Bertz CT molecular complexity index is 1160. The number of hydrogen-bond donors (Lipinski definition) is 2. The summed E-state index contributed by atoms with van der Waals surface area (Å²) in [6.45, 7) is 0. The maximum atomic E-state index is 15.1. The lowest BCUT2D eigenvalue weighted by atomic mass is 9.69. The number of aldehydes is 1. The third-order valence-electron chi connectivity index (χ3n) is 6.79. The number of anilines is 3. The predicted octanol–water partition coefficient (Wildman–Crippen LogP) is 3.52. The van der Waals surface area contributed by atoms with Crippen LogP contribution in [-0.2, 0) is 10.4 Å². The minimum atomic E-state index is -1.52. The number of carbonyl (C=O) groups excluding carboxylic acids is 2. The third-order valence-corrected chi connectivity index (χ3v) is 6.79. The molecule has 0 saturated heterocycles. The van der Waals surface area contributed by atoms with E-state index in [9.17, 15) is 14.9 Å². The Morgan fingerprint density at radius 1 is 1.39 bits per heavy atom. The average molecular weight is 450 g/mol. The second-order valence-corrected chi connectivity index (χ2v) is 8.74. The van der Waals surface area contributed by atoms with E-state index in [1.165, 1.54) is 23.2 Å². The summed E-state index contributed by atoms with van der Waals surface area (Å²) in [6.07, 6.45) is 5.25. The van der Waals surface area contributed by atoms with Gasteiger partial charge < -0.3 is 10.1 Å². The van der Waals surface area contributed by atoms with Gasteiger partial charge in [-0.2, -0.15) is 5.26 Å². The lowest BCUT2D eigenvalue weighted by molar-refractivity contribution is 0.0284. The molecule has 2 aliphatic heterocycles. The van der Waals surface area contributed by atoms with Crippen LogP contribution in [0.15, 0.2) is 24.4 Å². The molecule has 2 fully saturated rings. The van der Waals surface area contributed by atoms with Crippen molar-refractivity contribution in [3.8, 4) is 6.07 Å². The molecule has 2 aromatic rings. The van der Waals surface area contributed by atoms with Gasteiger partial charge in [-0.1, -0.05) is 0 Å². The summed E-state index contributed by atoms with van der Waals surface area (Å²) < 4.78 is 20.6. The van der Waals surface area contributed by atoms with Gasteiger partial charge in [0.1, 0.15) is 29.1 Å². The Kier molecular flexibility index (Phi) is 5.21. The molecule has 33 heavy (non-hydrogen) atoms. The van der Waals surface area contributed by atoms with Crippen LogP contribution in [0.5, 0.6) is 0 Å². The van der Waals surface area contributed by atoms with Crippen molar-refractivity contribution in [2.45, 2.75) is 56.0 Å². The van der Waals surface area contributed by atoms with Gasteiger partial charge >= 0.3 is 6.03 Å². The van der Waals surface area contributed by atoms with Crippen molar-refractivity contribution in [1.29, 1.82) is 5.26 Å². The summed E-state index contributed by atoms with van der Waals surface area (Å²) in [5.74, 6) is 0.404. The first-order chi connectivity index (χ1) is 16.0. The summed E-state index contributed by atoms with van der Waals surface area (Å²) in [6, 6.07) is 5.90. The van der Waals surface area contributed by atoms with E-state index in [0.717, 1.165) is 19.3 Å². The topological polar surface area (TPSA) is 120 Å². The zero-order valence-corrected chi connectivity index (χ0v) is 18.0. The highest BCUT2D eigenvalue weighted by Crippen LogP contribution is 2.55. The maximum absolute atomic E-state index is 15.1. The Morgan fingerprint density at radius 2 is 2.21 bits per heavy atom. The molecule has 2 amide bonds. The highest BCUT2D eigenvalue weighted by molar-refractivity contribution is 6.03. The predicted molar refractivity (Wildman–Crippen MR) is 118 cm³/mol. The van der Waals surface area contributed by atoms with E-state index in [4.69, 9.17) is 4.74 Å². The lowest BCUT2D eigenvalue weighted by Gasteiger charge is -2.52. The van der Waals surface area contributed by atoms with E-state index >= 15 is 4.39 Å². The molecule has 170 valence electrons. The molecule has 10 heteroatoms. The zero-order valence-electron chi connectivity index (χ0n) is 18.0. The summed E-state index contributed by atoms with van der Waals surface area (Å²) >= 11 is 0. The zero-order chi connectivity index (χ0) is 23.2. The number of halogens is 1. The number of aromatic nitrogens is 2. The van der Waals surface area contributed by atoms with Gasteiger partial charge in [-0.25, -0.2) is 19.2 Å². The number of alkyl halides is 1. The first-order valence-electron chi connectivity index (χ1n) is 10.9. The fraction of sp³-hybridized carbons (Fsp3) is 0.435. The Hall–Kier alpha value is -3.58. The number of carbonyl (C=O) groups is 2. The summed E-state index contributed by atoms with van der Waals surface area (Å²) in [7, 11) is 1.67. The second kappa shape index (κ2) is 8.08. The molecule has 0 radical (unpaired) electrons. The van der Waals surface area contributed by atoms with Crippen molar-refractivity contribution in [3.05, 3.63) is 41.2 Å². The fourth-order valence-corrected chi connectivity index (χ4v) is 5.06. The SMILES string of the molecule is CO[C@@H]1CCC[C@H]1Nc1cc(NC(=O)N2c3nc(C=O)ccc3C3(F)CC2C3)ncc1C#N. The van der Waals surface area contributed by atoms with E-state index in [1.807, 2.05) is 0 Å². The van der Waals surface area contributed by atoms with Crippen molar-refractivity contribution in [3.63, 3.8) is 0 Å². The number of nitrogens with zero attached hydrogens (tertiary/aromatic N) is 4. The number of pyridine rings is 2. The number of nitrogens with one attached hydrogen (secondary N) is 2. The Morgan fingerprint density at radius 3 is 2.94 bits per heavy atom. The Labute approximate surface area is 190 Å². The maximum Gasteiger partial charge on any atom is 0.328 e. The van der Waals surface area contributed by atoms with Crippen LogP contribution < -0.4 is 15.5 Å². The van der Waals surface area contributed by atoms with Gasteiger partial charge in [0.15, 0.2) is 6.29 Å². The van der Waals surface area contributed by atoms with Gasteiger partial charge in [0.05, 0.1) is 23.4 Å². The highest BCUT2D eigenvalue weighted by atomic mass is 19.1. The molecule has 4 heterocycles. The standard InChI is InChI=1S/C23H23FN6O3/c1-33-19-4-2-3-17(19)28-18-7-20(26-11-13(18)10-25)29-22(32)30-15-8-23(24,9-15)16-6-5-14(12-31)27-21(16)30/h5-7,11-12,15,17,19H,2-4,8-9H2,1H3,(H2,26,28,29,32)/t15?,17-,19-,23?/m1/s1. The second-order valence-electron chi connectivity index (χ2n) is 8.74. The van der Waals surface area contributed by atoms with Gasteiger partial charge in [0.2, 0.25) is 0 Å². The highest BCUT2D eigenvalue weighted by Gasteiger charge is 2.57. The number of ether oxygens (including phenoxy) is 1. The number of amides is 2. The van der Waals surface area contributed by atoms with Crippen LogP contribution in [0.3, 0.4) is 0 Å². The van der Waals surface area contributed by atoms with Gasteiger partial charge in [-0.15, -0.1) is 0 Å². The monoisotopic (exact) mass is 450 g/mol. The molecule has 9 nitrogen and oxygen atoms in total. The van der Waals surface area contributed by atoms with E-state index in [2.05, 4.69) is 26.7 Å². The van der Waals surface area contributed by atoms with Crippen LogP contribution in [-0.4, -0.2) is 47.6 Å². The molecule has 2 aliphatic carbocycles. The van der Waals surface area contributed by atoms with E-state index in [-0.39, 0.29) is 48.4 Å². The number of methoxy groups -OCH3 is 1. The first-order valence-corrected chi connectivity index (χ1v) is 10.9. The van der Waals surface area contributed by atoms with Crippen molar-refractivity contribution in [2.24, 2.45) is 0 Å². The molecule has 2 bridgehead atoms. The van der Waals surface area contributed by atoms with Crippen LogP contribution in [0.2, 0.25) is 0 Å². The molecular formula is C23H23FN6O3. The minimum absolute atomic E-state index is 0.0466. The summed E-state index contributed by atoms with van der Waals surface area (Å²) in [5.41, 5.74) is -0.162. The third kappa shape index (κ3) is 3.58. The summed E-state index contributed by atoms with van der Waals surface area (Å²) in [5, 5.41) is 15.6. The molecule has 0 aromatic carbocycles. The van der Waals surface area contributed by atoms with Gasteiger partial charge in [0, 0.05) is 43.8 Å². The molecule has 6 rings (SSSR count). The number of rotatable bonds is 5. The number of hydrogen-bond acceptors (Lipinski definition) is 7. The molecule has 0 unspecified atom stereocenters.